The van der Waals surface area contributed by atoms with Gasteiger partial charge in [0.25, 0.3) is 0 Å². The molecule has 2 aromatic carbocycles. The molecule has 0 saturated carbocycles. The Morgan fingerprint density at radius 1 is 1.10 bits per heavy atom. The topological polar surface area (TPSA) is 62.5 Å². The van der Waals surface area contributed by atoms with Crippen LogP contribution in [0, 0.1) is 6.92 Å². The number of hydrogen-bond acceptors (Lipinski definition) is 4. The Morgan fingerprint density at radius 3 is 2.67 bits per heavy atom. The lowest BCUT2D eigenvalue weighted by Crippen LogP contribution is -2.27. The second kappa shape index (κ2) is 8.78. The minimum Gasteiger partial charge on any atom is -0.369 e. The maximum atomic E-state index is 12.6. The van der Waals surface area contributed by atoms with Crippen LogP contribution < -0.4 is 5.32 Å². The monoisotopic (exact) mass is 399 g/mol. The third kappa shape index (κ3) is 4.17. The molecule has 0 atom stereocenters. The maximum Gasteiger partial charge on any atom is 0.224 e. The van der Waals surface area contributed by atoms with Gasteiger partial charge in [-0.1, -0.05) is 54.6 Å². The lowest BCUT2D eigenvalue weighted by atomic mass is 10.1. The van der Waals surface area contributed by atoms with Crippen LogP contribution in [0.3, 0.4) is 0 Å². The van der Waals surface area contributed by atoms with Gasteiger partial charge in [-0.15, -0.1) is 0 Å². The molecule has 0 unspecified atom stereocenters. The summed E-state index contributed by atoms with van der Waals surface area (Å²) in [4.78, 5) is 23.3. The molecule has 0 aliphatic rings. The van der Waals surface area contributed by atoms with E-state index in [9.17, 15) is 4.79 Å². The number of nitrogens with zero attached hydrogens (tertiary/aromatic N) is 4. The summed E-state index contributed by atoms with van der Waals surface area (Å²) < 4.78 is 1.98. The summed E-state index contributed by atoms with van der Waals surface area (Å²) in [5.41, 5.74) is 4.97. The fraction of sp³-hybridized carbons (Fsp3) is 0.208. The quantitative estimate of drug-likeness (QED) is 0.507. The van der Waals surface area contributed by atoms with Gasteiger partial charge in [0.15, 0.2) is 5.65 Å². The Labute approximate surface area is 176 Å². The van der Waals surface area contributed by atoms with Crippen LogP contribution in [0.4, 0.5) is 5.82 Å². The van der Waals surface area contributed by atoms with Crippen LogP contribution in [-0.4, -0.2) is 38.8 Å². The normalized spacial score (nSPS) is 10.9. The summed E-state index contributed by atoms with van der Waals surface area (Å²) in [5.74, 6) is 0.972. The van der Waals surface area contributed by atoms with Crippen molar-refractivity contribution in [3.05, 3.63) is 84.3 Å². The van der Waals surface area contributed by atoms with Crippen LogP contribution in [0.15, 0.2) is 73.2 Å². The molecule has 4 aromatic rings. The summed E-state index contributed by atoms with van der Waals surface area (Å²) in [6.45, 7) is 3.20. The molecule has 152 valence electrons. The largest absolute Gasteiger partial charge is 0.369 e. The summed E-state index contributed by atoms with van der Waals surface area (Å²) >= 11 is 0. The number of benzene rings is 2. The highest BCUT2D eigenvalue weighted by molar-refractivity contribution is 5.79. The fourth-order valence-corrected chi connectivity index (χ4v) is 3.53. The second-order valence-electron chi connectivity index (χ2n) is 7.34. The average Bonchev–Trinajstić information content (AvgIpc) is 3.13. The molecule has 0 bridgehead atoms. The van der Waals surface area contributed by atoms with Gasteiger partial charge in [0.05, 0.1) is 6.20 Å². The number of rotatable bonds is 7. The van der Waals surface area contributed by atoms with Gasteiger partial charge in [-0.2, -0.15) is 0 Å². The zero-order valence-electron chi connectivity index (χ0n) is 17.2. The van der Waals surface area contributed by atoms with E-state index in [1.54, 1.807) is 17.3 Å². The molecule has 0 aliphatic heterocycles. The molecule has 0 spiro atoms. The first-order valence-corrected chi connectivity index (χ1v) is 10.0. The summed E-state index contributed by atoms with van der Waals surface area (Å²) in [7, 11) is 1.84. The van der Waals surface area contributed by atoms with E-state index in [4.69, 9.17) is 4.98 Å². The molecule has 0 aliphatic carbocycles. The summed E-state index contributed by atoms with van der Waals surface area (Å²) in [6, 6.07) is 18.2. The van der Waals surface area contributed by atoms with Crippen molar-refractivity contribution in [3.8, 4) is 11.3 Å². The fourth-order valence-electron chi connectivity index (χ4n) is 3.53. The molecule has 2 aromatic heterocycles. The highest BCUT2D eigenvalue weighted by atomic mass is 16.2. The van der Waals surface area contributed by atoms with Gasteiger partial charge in [0, 0.05) is 44.5 Å². The van der Waals surface area contributed by atoms with E-state index < -0.39 is 0 Å². The van der Waals surface area contributed by atoms with Gasteiger partial charge in [0.1, 0.15) is 11.5 Å². The Hall–Kier alpha value is -3.67. The van der Waals surface area contributed by atoms with Crippen molar-refractivity contribution in [1.82, 2.24) is 19.3 Å². The van der Waals surface area contributed by atoms with Crippen LogP contribution in [0.2, 0.25) is 0 Å². The second-order valence-corrected chi connectivity index (χ2v) is 7.34. The van der Waals surface area contributed by atoms with Gasteiger partial charge in [0.2, 0.25) is 5.91 Å². The standard InChI is InChI=1S/C24H25N5O/c1-18-8-6-7-11-20(18)23-24(29-15-14-25-16-21(29)27-23)26-13-12-22(30)28(2)17-19-9-4-3-5-10-19/h3-11,14-16,26H,12-13,17H2,1-2H3. The van der Waals surface area contributed by atoms with E-state index in [-0.39, 0.29) is 5.91 Å². The van der Waals surface area contributed by atoms with Crippen molar-refractivity contribution in [2.24, 2.45) is 0 Å². The lowest BCUT2D eigenvalue weighted by molar-refractivity contribution is -0.130. The lowest BCUT2D eigenvalue weighted by Gasteiger charge is -2.18. The van der Waals surface area contributed by atoms with Gasteiger partial charge in [-0.3, -0.25) is 14.2 Å². The number of aryl methyl sites for hydroxylation is 1. The smallest absolute Gasteiger partial charge is 0.224 e. The van der Waals surface area contributed by atoms with Crippen molar-refractivity contribution >= 4 is 17.4 Å². The van der Waals surface area contributed by atoms with E-state index in [1.807, 2.05) is 60.1 Å². The molecule has 30 heavy (non-hydrogen) atoms. The molecule has 2 heterocycles. The van der Waals surface area contributed by atoms with E-state index in [0.717, 1.165) is 33.8 Å². The first kappa shape index (κ1) is 19.6. The first-order chi connectivity index (χ1) is 14.6. The van der Waals surface area contributed by atoms with Crippen LogP contribution in [0.25, 0.3) is 16.9 Å². The van der Waals surface area contributed by atoms with Gasteiger partial charge >= 0.3 is 0 Å². The average molecular weight is 399 g/mol. The van der Waals surface area contributed by atoms with E-state index >= 15 is 0 Å². The number of anilines is 1. The molecule has 6 heteroatoms. The van der Waals surface area contributed by atoms with Crippen molar-refractivity contribution in [2.75, 3.05) is 18.9 Å². The van der Waals surface area contributed by atoms with Crippen LogP contribution in [-0.2, 0) is 11.3 Å². The highest BCUT2D eigenvalue weighted by Crippen LogP contribution is 2.30. The van der Waals surface area contributed by atoms with Crippen molar-refractivity contribution < 1.29 is 4.79 Å². The summed E-state index contributed by atoms with van der Waals surface area (Å²) in [5, 5.41) is 3.44. The summed E-state index contributed by atoms with van der Waals surface area (Å²) in [6.07, 6.45) is 5.76. The Morgan fingerprint density at radius 2 is 1.87 bits per heavy atom. The number of aromatic nitrogens is 3. The number of amides is 1. The molecule has 4 rings (SSSR count). The Kier molecular flexibility index (Phi) is 5.75. The highest BCUT2D eigenvalue weighted by Gasteiger charge is 2.16. The van der Waals surface area contributed by atoms with Crippen LogP contribution >= 0.6 is 0 Å². The van der Waals surface area contributed by atoms with E-state index in [1.165, 1.54) is 0 Å². The van der Waals surface area contributed by atoms with Gasteiger partial charge in [-0.05, 0) is 18.1 Å². The molecule has 0 saturated heterocycles. The van der Waals surface area contributed by atoms with E-state index in [2.05, 4.69) is 29.4 Å². The van der Waals surface area contributed by atoms with Crippen LogP contribution in [0.1, 0.15) is 17.5 Å². The number of fused-ring (bicyclic) bond motifs is 1. The zero-order valence-corrected chi connectivity index (χ0v) is 17.2. The SMILES string of the molecule is Cc1ccccc1-c1nc2cnccn2c1NCCC(=O)N(C)Cc1ccccc1. The molecule has 0 radical (unpaired) electrons. The minimum absolute atomic E-state index is 0.0966. The molecule has 1 N–H and O–H groups in total. The van der Waals surface area contributed by atoms with Gasteiger partial charge < -0.3 is 10.2 Å². The number of carbonyl (C=O) groups is 1. The molecular formula is C24H25N5O. The van der Waals surface area contributed by atoms with Crippen molar-refractivity contribution in [1.29, 1.82) is 0 Å². The number of hydrogen-bond donors (Lipinski definition) is 1. The molecule has 0 fully saturated rings. The third-order valence-electron chi connectivity index (χ3n) is 5.15. The molecule has 6 nitrogen and oxygen atoms in total. The maximum absolute atomic E-state index is 12.6. The van der Waals surface area contributed by atoms with Crippen LogP contribution in [0.5, 0.6) is 0 Å². The predicted molar refractivity (Wildman–Crippen MR) is 119 cm³/mol. The Bertz CT molecular complexity index is 1150. The predicted octanol–water partition coefficient (Wildman–Crippen LogP) is 4.17. The minimum atomic E-state index is 0.0966. The zero-order chi connectivity index (χ0) is 20.9. The van der Waals surface area contributed by atoms with E-state index in [0.29, 0.717) is 19.5 Å². The molecular weight excluding hydrogens is 374 g/mol. The van der Waals surface area contributed by atoms with Crippen molar-refractivity contribution in [2.45, 2.75) is 19.9 Å². The number of carbonyl (C=O) groups excluding carboxylic acids is 1. The molecule has 1 amide bonds. The van der Waals surface area contributed by atoms with Gasteiger partial charge in [-0.25, -0.2) is 4.98 Å². The third-order valence-corrected chi connectivity index (χ3v) is 5.15. The number of nitrogens with one attached hydrogen (secondary N) is 1. The Balaban J connectivity index is 1.49. The first-order valence-electron chi connectivity index (χ1n) is 10.0. The van der Waals surface area contributed by atoms with Crippen molar-refractivity contribution in [3.63, 3.8) is 0 Å². The number of imidazole rings is 1.